The zero-order valence-electron chi connectivity index (χ0n) is 13.2. The fourth-order valence-electron chi connectivity index (χ4n) is 3.26. The molecule has 2 fully saturated rings. The number of rotatable bonds is 3. The summed E-state index contributed by atoms with van der Waals surface area (Å²) >= 11 is 0. The van der Waals surface area contributed by atoms with Crippen LogP contribution in [0.15, 0.2) is 34.9 Å². The van der Waals surface area contributed by atoms with Crippen LogP contribution in [0.5, 0.6) is 0 Å². The first kappa shape index (κ1) is 16.1. The van der Waals surface area contributed by atoms with E-state index in [0.717, 1.165) is 11.7 Å². The van der Waals surface area contributed by atoms with Gasteiger partial charge in [0.05, 0.1) is 5.92 Å². The van der Waals surface area contributed by atoms with Gasteiger partial charge in [-0.1, -0.05) is 49.3 Å². The van der Waals surface area contributed by atoms with Crippen molar-refractivity contribution >= 4 is 10.9 Å². The van der Waals surface area contributed by atoms with E-state index in [1.54, 1.807) is 0 Å². The third-order valence-electron chi connectivity index (χ3n) is 4.65. The molecule has 2 saturated carbocycles. The number of nitrogens with zero attached hydrogens (tertiary/aromatic N) is 2. The van der Waals surface area contributed by atoms with Crippen LogP contribution in [0.3, 0.4) is 0 Å². The Balaban J connectivity index is 0.000000354. The largest absolute Gasteiger partial charge is 0.339 e. The molecule has 1 aromatic carbocycles. The molecule has 0 spiro atoms. The lowest BCUT2D eigenvalue weighted by Crippen LogP contribution is -1.91. The number of hydrogen-bond donors (Lipinski definition) is 2. The van der Waals surface area contributed by atoms with Crippen LogP contribution in [-0.2, 0) is 10.9 Å². The fraction of sp³-hybridized carbons (Fsp3) is 0.500. The van der Waals surface area contributed by atoms with Gasteiger partial charge in [-0.25, -0.2) is 13.6 Å². The molecule has 2 aliphatic carbocycles. The van der Waals surface area contributed by atoms with Crippen molar-refractivity contribution in [3.63, 3.8) is 0 Å². The molecule has 2 aliphatic rings. The van der Waals surface area contributed by atoms with Gasteiger partial charge in [-0.3, -0.25) is 0 Å². The SMILES string of the molecule is CC1(C)[C@@H](c2ccccc2)[C@@H]1c1nc(C2CC2)no1.N[SH](=O)=O. The lowest BCUT2D eigenvalue weighted by molar-refractivity contribution is 0.363. The Kier molecular flexibility index (Phi) is 4.25. The van der Waals surface area contributed by atoms with E-state index in [4.69, 9.17) is 12.9 Å². The Morgan fingerprint density at radius 3 is 2.35 bits per heavy atom. The Morgan fingerprint density at radius 2 is 1.78 bits per heavy atom. The quantitative estimate of drug-likeness (QED) is 0.839. The van der Waals surface area contributed by atoms with Gasteiger partial charge in [-0.15, -0.1) is 0 Å². The molecule has 1 heterocycles. The first-order chi connectivity index (χ1) is 10.9. The lowest BCUT2D eigenvalue weighted by Gasteiger charge is -2.01. The molecule has 4 rings (SSSR count). The Morgan fingerprint density at radius 1 is 1.17 bits per heavy atom. The summed E-state index contributed by atoms with van der Waals surface area (Å²) in [4.78, 5) is 4.63. The molecule has 1 aromatic heterocycles. The van der Waals surface area contributed by atoms with E-state index in [1.807, 2.05) is 0 Å². The van der Waals surface area contributed by atoms with Gasteiger partial charge < -0.3 is 4.52 Å². The van der Waals surface area contributed by atoms with Crippen molar-refractivity contribution in [1.29, 1.82) is 0 Å². The number of aromatic nitrogens is 2. The molecular formula is C16H21N3O3S. The number of hydrogen-bond acceptors (Lipinski definition) is 5. The van der Waals surface area contributed by atoms with Gasteiger partial charge in [-0.2, -0.15) is 4.98 Å². The summed E-state index contributed by atoms with van der Waals surface area (Å²) in [5.41, 5.74) is 1.60. The third-order valence-corrected chi connectivity index (χ3v) is 4.65. The second-order valence-corrected chi connectivity index (χ2v) is 7.31. The zero-order chi connectivity index (χ0) is 16.6. The maximum atomic E-state index is 8.81. The average molecular weight is 335 g/mol. The standard InChI is InChI=1S/C16H18N2O.H3NO2S/c1-16(2)12(10-6-4-3-5-7-10)13(16)15-17-14(18-19-15)11-8-9-11;1-4(2)3/h3-7,11-13H,8-9H2,1-2H3;4H,(H2,1,2,3)/t12-,13+;/m0./s1. The van der Waals surface area contributed by atoms with Gasteiger partial charge in [0, 0.05) is 11.8 Å². The Labute approximate surface area is 137 Å². The summed E-state index contributed by atoms with van der Waals surface area (Å²) in [6.07, 6.45) is 2.43. The fourth-order valence-corrected chi connectivity index (χ4v) is 3.26. The van der Waals surface area contributed by atoms with Crippen molar-refractivity contribution in [2.75, 3.05) is 0 Å². The third kappa shape index (κ3) is 3.45. The van der Waals surface area contributed by atoms with Crippen LogP contribution in [-0.4, -0.2) is 18.6 Å². The molecule has 0 radical (unpaired) electrons. The maximum absolute atomic E-state index is 8.81. The lowest BCUT2D eigenvalue weighted by atomic mass is 10.0. The molecule has 2 atom stereocenters. The van der Waals surface area contributed by atoms with Crippen LogP contribution in [0.4, 0.5) is 0 Å². The van der Waals surface area contributed by atoms with E-state index in [0.29, 0.717) is 17.8 Å². The van der Waals surface area contributed by atoms with E-state index in [2.05, 4.69) is 59.5 Å². The number of benzene rings is 1. The summed E-state index contributed by atoms with van der Waals surface area (Å²) in [5, 5.41) is 8.21. The highest BCUT2D eigenvalue weighted by Crippen LogP contribution is 2.69. The predicted octanol–water partition coefficient (Wildman–Crippen LogP) is 2.33. The van der Waals surface area contributed by atoms with E-state index < -0.39 is 10.9 Å². The molecule has 0 aliphatic heterocycles. The molecule has 0 amide bonds. The van der Waals surface area contributed by atoms with Crippen molar-refractivity contribution in [1.82, 2.24) is 10.1 Å². The smallest absolute Gasteiger partial charge is 0.230 e. The average Bonchev–Trinajstić information content (AvgIpc) is 3.37. The minimum absolute atomic E-state index is 0.217. The number of thiol groups is 1. The van der Waals surface area contributed by atoms with Crippen LogP contribution >= 0.6 is 0 Å². The van der Waals surface area contributed by atoms with Gasteiger partial charge in [0.1, 0.15) is 0 Å². The van der Waals surface area contributed by atoms with Crippen LogP contribution in [0.2, 0.25) is 0 Å². The zero-order valence-corrected chi connectivity index (χ0v) is 14.1. The second kappa shape index (κ2) is 6.05. The minimum atomic E-state index is -2.62. The molecule has 2 N–H and O–H groups in total. The molecule has 0 saturated heterocycles. The van der Waals surface area contributed by atoms with Crippen molar-refractivity contribution in [3.05, 3.63) is 47.6 Å². The van der Waals surface area contributed by atoms with Crippen LogP contribution in [0.1, 0.15) is 61.7 Å². The van der Waals surface area contributed by atoms with Gasteiger partial charge in [0.2, 0.25) is 5.89 Å². The highest BCUT2D eigenvalue weighted by molar-refractivity contribution is 7.69. The van der Waals surface area contributed by atoms with Crippen molar-refractivity contribution in [2.24, 2.45) is 10.6 Å². The molecular weight excluding hydrogens is 314 g/mol. The van der Waals surface area contributed by atoms with Gasteiger partial charge in [0.25, 0.3) is 0 Å². The maximum Gasteiger partial charge on any atom is 0.230 e. The minimum Gasteiger partial charge on any atom is -0.339 e. The first-order valence-corrected chi connectivity index (χ1v) is 8.93. The molecule has 7 heteroatoms. The van der Waals surface area contributed by atoms with Gasteiger partial charge in [0.15, 0.2) is 16.7 Å². The summed E-state index contributed by atoms with van der Waals surface area (Å²) in [6, 6.07) is 10.7. The molecule has 6 nitrogen and oxygen atoms in total. The van der Waals surface area contributed by atoms with E-state index in [1.165, 1.54) is 18.4 Å². The van der Waals surface area contributed by atoms with Crippen LogP contribution < -0.4 is 5.14 Å². The van der Waals surface area contributed by atoms with Gasteiger partial charge >= 0.3 is 0 Å². The predicted molar refractivity (Wildman–Crippen MR) is 86.5 cm³/mol. The summed E-state index contributed by atoms with van der Waals surface area (Å²) < 4.78 is 23.1. The monoisotopic (exact) mass is 335 g/mol. The topological polar surface area (TPSA) is 99.1 Å². The van der Waals surface area contributed by atoms with Crippen molar-refractivity contribution in [3.8, 4) is 0 Å². The normalized spacial score (nSPS) is 24.9. The summed E-state index contributed by atoms with van der Waals surface area (Å²) in [6.45, 7) is 4.58. The van der Waals surface area contributed by atoms with Crippen LogP contribution in [0, 0.1) is 5.41 Å². The highest BCUT2D eigenvalue weighted by Gasteiger charge is 2.62. The van der Waals surface area contributed by atoms with Crippen LogP contribution in [0.25, 0.3) is 0 Å². The molecule has 0 bridgehead atoms. The molecule has 2 aromatic rings. The van der Waals surface area contributed by atoms with Crippen molar-refractivity contribution < 1.29 is 12.9 Å². The molecule has 0 unspecified atom stereocenters. The van der Waals surface area contributed by atoms with Crippen molar-refractivity contribution in [2.45, 2.75) is 44.4 Å². The highest BCUT2D eigenvalue weighted by atomic mass is 32.2. The Bertz CT molecular complexity index is 743. The van der Waals surface area contributed by atoms with E-state index in [9.17, 15) is 0 Å². The number of nitrogens with two attached hydrogens (primary N) is 1. The van der Waals surface area contributed by atoms with E-state index >= 15 is 0 Å². The molecule has 124 valence electrons. The second-order valence-electron chi connectivity index (χ2n) is 6.74. The summed E-state index contributed by atoms with van der Waals surface area (Å²) in [5.74, 6) is 3.19. The first-order valence-electron chi connectivity index (χ1n) is 7.68. The van der Waals surface area contributed by atoms with E-state index in [-0.39, 0.29) is 5.41 Å². The summed E-state index contributed by atoms with van der Waals surface area (Å²) in [7, 11) is -2.62. The van der Waals surface area contributed by atoms with Gasteiger partial charge in [-0.05, 0) is 23.8 Å². The molecule has 23 heavy (non-hydrogen) atoms. The Hall–Kier alpha value is -1.73.